The molecule has 7 heteroatoms. The van der Waals surface area contributed by atoms with Gasteiger partial charge in [-0.25, -0.2) is 0 Å². The minimum atomic E-state index is -0.665. The summed E-state index contributed by atoms with van der Waals surface area (Å²) in [5.74, 6) is 1.73. The highest BCUT2D eigenvalue weighted by molar-refractivity contribution is 5.64. The van der Waals surface area contributed by atoms with Crippen molar-refractivity contribution in [2.24, 2.45) is 5.73 Å². The zero-order valence-corrected chi connectivity index (χ0v) is 10.7. The lowest BCUT2D eigenvalue weighted by Crippen LogP contribution is -2.15. The van der Waals surface area contributed by atoms with E-state index in [1.54, 1.807) is 25.3 Å². The Morgan fingerprint density at radius 3 is 2.79 bits per heavy atom. The monoisotopic (exact) mass is 265 g/mol. The van der Waals surface area contributed by atoms with Crippen molar-refractivity contribution in [2.45, 2.75) is 6.04 Å². The molecular weight excluding hydrogens is 250 g/mol. The van der Waals surface area contributed by atoms with Gasteiger partial charge in [-0.3, -0.25) is 0 Å². The van der Waals surface area contributed by atoms with Gasteiger partial charge in [-0.15, -0.1) is 0 Å². The van der Waals surface area contributed by atoms with Crippen LogP contribution in [0.5, 0.6) is 11.5 Å². The molecule has 2 rings (SSSR count). The molecule has 102 valence electrons. The summed E-state index contributed by atoms with van der Waals surface area (Å²) in [6.07, 6.45) is 0. The number of nitrogens with two attached hydrogens (primary N) is 1. The van der Waals surface area contributed by atoms with E-state index in [1.165, 1.54) is 7.11 Å². The molecular formula is C12H15N3O4. The lowest BCUT2D eigenvalue weighted by atomic mass is 10.2. The summed E-state index contributed by atoms with van der Waals surface area (Å²) in [4.78, 5) is 4.13. The van der Waals surface area contributed by atoms with Gasteiger partial charge in [-0.2, -0.15) is 4.98 Å². The van der Waals surface area contributed by atoms with Crippen molar-refractivity contribution >= 4 is 0 Å². The number of benzene rings is 1. The van der Waals surface area contributed by atoms with E-state index in [4.69, 9.17) is 24.8 Å². The molecule has 7 nitrogen and oxygen atoms in total. The molecule has 1 aromatic heterocycles. The van der Waals surface area contributed by atoms with Crippen molar-refractivity contribution in [2.75, 3.05) is 20.8 Å². The Bertz CT molecular complexity index is 556. The van der Waals surface area contributed by atoms with Gasteiger partial charge in [0.15, 0.2) is 5.82 Å². The third kappa shape index (κ3) is 2.67. The summed E-state index contributed by atoms with van der Waals surface area (Å²) in [7, 11) is 3.11. The largest absolute Gasteiger partial charge is 0.497 e. The average Bonchev–Trinajstić information content (AvgIpc) is 2.95. The fraction of sp³-hybridized carbons (Fsp3) is 0.333. The molecule has 0 saturated carbocycles. The first-order chi connectivity index (χ1) is 9.19. The highest BCUT2D eigenvalue weighted by atomic mass is 16.5. The van der Waals surface area contributed by atoms with E-state index >= 15 is 0 Å². The van der Waals surface area contributed by atoms with Gasteiger partial charge in [-0.1, -0.05) is 5.16 Å². The summed E-state index contributed by atoms with van der Waals surface area (Å²) in [6, 6.07) is 4.56. The fourth-order valence-electron chi connectivity index (χ4n) is 1.55. The average molecular weight is 265 g/mol. The molecule has 0 aliphatic rings. The van der Waals surface area contributed by atoms with Gasteiger partial charge in [-0.05, 0) is 12.1 Å². The van der Waals surface area contributed by atoms with E-state index in [1.807, 2.05) is 0 Å². The summed E-state index contributed by atoms with van der Waals surface area (Å²) in [5, 5.41) is 12.7. The Hall–Kier alpha value is -2.12. The smallest absolute Gasteiger partial charge is 0.261 e. The lowest BCUT2D eigenvalue weighted by Gasteiger charge is -2.07. The molecule has 1 unspecified atom stereocenters. The quantitative estimate of drug-likeness (QED) is 0.821. The van der Waals surface area contributed by atoms with Crippen LogP contribution in [0.1, 0.15) is 11.9 Å². The molecule has 19 heavy (non-hydrogen) atoms. The van der Waals surface area contributed by atoms with Gasteiger partial charge in [0.2, 0.25) is 0 Å². The van der Waals surface area contributed by atoms with Gasteiger partial charge in [0.25, 0.3) is 5.89 Å². The van der Waals surface area contributed by atoms with Crippen LogP contribution < -0.4 is 15.2 Å². The Labute approximate surface area is 109 Å². The van der Waals surface area contributed by atoms with Crippen LogP contribution in [0.15, 0.2) is 22.7 Å². The van der Waals surface area contributed by atoms with Crippen LogP contribution in [0.2, 0.25) is 0 Å². The SMILES string of the molecule is COc1ccc(-c2nc(C(N)CO)no2)c(OC)c1. The van der Waals surface area contributed by atoms with E-state index in [0.29, 0.717) is 17.1 Å². The zero-order valence-electron chi connectivity index (χ0n) is 10.7. The molecule has 0 spiro atoms. The van der Waals surface area contributed by atoms with Gasteiger partial charge >= 0.3 is 0 Å². The summed E-state index contributed by atoms with van der Waals surface area (Å²) < 4.78 is 15.5. The van der Waals surface area contributed by atoms with Crippen LogP contribution >= 0.6 is 0 Å². The number of aliphatic hydroxyl groups excluding tert-OH is 1. The number of ether oxygens (including phenoxy) is 2. The van der Waals surface area contributed by atoms with Crippen LogP contribution in [-0.2, 0) is 0 Å². The lowest BCUT2D eigenvalue weighted by molar-refractivity contribution is 0.260. The van der Waals surface area contributed by atoms with Crippen molar-refractivity contribution in [1.82, 2.24) is 10.1 Å². The number of rotatable bonds is 5. The van der Waals surface area contributed by atoms with Crippen LogP contribution in [0.3, 0.4) is 0 Å². The van der Waals surface area contributed by atoms with Crippen molar-refractivity contribution in [1.29, 1.82) is 0 Å². The molecule has 0 fully saturated rings. The minimum Gasteiger partial charge on any atom is -0.497 e. The topological polar surface area (TPSA) is 104 Å². The summed E-state index contributed by atoms with van der Waals surface area (Å²) >= 11 is 0. The van der Waals surface area contributed by atoms with E-state index in [9.17, 15) is 0 Å². The number of nitrogens with zero attached hydrogens (tertiary/aromatic N) is 2. The number of methoxy groups -OCH3 is 2. The molecule has 3 N–H and O–H groups in total. The molecule has 2 aromatic rings. The summed E-state index contributed by atoms with van der Waals surface area (Å²) in [6.45, 7) is -0.251. The zero-order chi connectivity index (χ0) is 13.8. The fourth-order valence-corrected chi connectivity index (χ4v) is 1.55. The third-order valence-electron chi connectivity index (χ3n) is 2.61. The molecule has 1 atom stereocenters. The van der Waals surface area contributed by atoms with Crippen LogP contribution in [-0.4, -0.2) is 36.1 Å². The number of aromatic nitrogens is 2. The Morgan fingerprint density at radius 1 is 1.37 bits per heavy atom. The second-order valence-corrected chi connectivity index (χ2v) is 3.81. The number of hydrogen-bond donors (Lipinski definition) is 2. The van der Waals surface area contributed by atoms with Crippen LogP contribution in [0, 0.1) is 0 Å². The Morgan fingerprint density at radius 2 is 2.16 bits per heavy atom. The van der Waals surface area contributed by atoms with Crippen LogP contribution in [0.4, 0.5) is 0 Å². The van der Waals surface area contributed by atoms with E-state index in [2.05, 4.69) is 10.1 Å². The molecule has 1 aromatic carbocycles. The van der Waals surface area contributed by atoms with E-state index in [-0.39, 0.29) is 18.3 Å². The van der Waals surface area contributed by atoms with Crippen molar-refractivity contribution < 1.29 is 19.1 Å². The minimum absolute atomic E-state index is 0.246. The standard InChI is InChI=1S/C12H15N3O4/c1-17-7-3-4-8(10(5-7)18-2)12-14-11(15-19-12)9(13)6-16/h3-5,9,16H,6,13H2,1-2H3. The van der Waals surface area contributed by atoms with Gasteiger partial charge in [0.05, 0.1) is 32.4 Å². The van der Waals surface area contributed by atoms with Crippen molar-refractivity contribution in [3.05, 3.63) is 24.0 Å². The molecule has 0 aliphatic carbocycles. The van der Waals surface area contributed by atoms with Gasteiger partial charge < -0.3 is 24.8 Å². The molecule has 1 heterocycles. The van der Waals surface area contributed by atoms with Gasteiger partial charge in [0.1, 0.15) is 11.5 Å². The van der Waals surface area contributed by atoms with E-state index < -0.39 is 6.04 Å². The second kappa shape index (κ2) is 5.68. The molecule has 0 radical (unpaired) electrons. The third-order valence-corrected chi connectivity index (χ3v) is 2.61. The molecule has 0 bridgehead atoms. The number of hydrogen-bond acceptors (Lipinski definition) is 7. The second-order valence-electron chi connectivity index (χ2n) is 3.81. The summed E-state index contributed by atoms with van der Waals surface area (Å²) in [5.41, 5.74) is 6.25. The van der Waals surface area contributed by atoms with E-state index in [0.717, 1.165) is 0 Å². The maximum atomic E-state index is 8.95. The predicted octanol–water partition coefficient (Wildman–Crippen LogP) is 0.746. The van der Waals surface area contributed by atoms with Gasteiger partial charge in [0, 0.05) is 6.07 Å². The first-order valence-electron chi connectivity index (χ1n) is 5.62. The molecule has 0 saturated heterocycles. The maximum Gasteiger partial charge on any atom is 0.261 e. The molecule has 0 aliphatic heterocycles. The first-order valence-corrected chi connectivity index (χ1v) is 5.62. The van der Waals surface area contributed by atoms with Crippen LogP contribution in [0.25, 0.3) is 11.5 Å². The highest BCUT2D eigenvalue weighted by Crippen LogP contribution is 2.32. The normalized spacial score (nSPS) is 12.2. The first kappa shape index (κ1) is 13.3. The Balaban J connectivity index is 2.38. The predicted molar refractivity (Wildman–Crippen MR) is 66.9 cm³/mol. The number of aliphatic hydroxyl groups is 1. The highest BCUT2D eigenvalue weighted by Gasteiger charge is 2.17. The molecule has 0 amide bonds. The maximum absolute atomic E-state index is 8.95. The van der Waals surface area contributed by atoms with Crippen molar-refractivity contribution in [3.8, 4) is 23.0 Å². The Kier molecular flexibility index (Phi) is 3.98. The van der Waals surface area contributed by atoms with Crippen molar-refractivity contribution in [3.63, 3.8) is 0 Å².